The summed E-state index contributed by atoms with van der Waals surface area (Å²) in [4.78, 5) is 16.8. The molecular formula is C19H20N2O3. The topological polar surface area (TPSA) is 64.4 Å². The Kier molecular flexibility index (Phi) is 4.51. The molecule has 0 radical (unpaired) electrons. The van der Waals surface area contributed by atoms with Gasteiger partial charge in [-0.2, -0.15) is 0 Å². The van der Waals surface area contributed by atoms with Crippen molar-refractivity contribution >= 4 is 16.9 Å². The van der Waals surface area contributed by atoms with Crippen LogP contribution in [0.15, 0.2) is 47.0 Å². The molecule has 5 nitrogen and oxygen atoms in total. The molecule has 5 heteroatoms. The Bertz CT molecular complexity index is 856. The van der Waals surface area contributed by atoms with Crippen molar-refractivity contribution in [2.24, 2.45) is 0 Å². The third kappa shape index (κ3) is 3.25. The van der Waals surface area contributed by atoms with Gasteiger partial charge in [0.15, 0.2) is 5.76 Å². The van der Waals surface area contributed by atoms with E-state index in [-0.39, 0.29) is 11.9 Å². The van der Waals surface area contributed by atoms with Crippen LogP contribution in [0.2, 0.25) is 0 Å². The second kappa shape index (κ2) is 6.74. The molecule has 24 heavy (non-hydrogen) atoms. The molecule has 2 heterocycles. The van der Waals surface area contributed by atoms with Crippen molar-refractivity contribution in [3.63, 3.8) is 0 Å². The Morgan fingerprint density at radius 3 is 2.88 bits per heavy atom. The third-order valence-electron chi connectivity index (χ3n) is 3.97. The van der Waals surface area contributed by atoms with Crippen LogP contribution in [-0.4, -0.2) is 24.0 Å². The van der Waals surface area contributed by atoms with E-state index in [0.717, 1.165) is 16.6 Å². The molecule has 0 bridgehead atoms. The fraction of sp³-hybridized carbons (Fsp3) is 0.263. The average Bonchev–Trinajstić information content (AvgIpc) is 2.92. The number of nitrogens with one attached hydrogen (secondary N) is 1. The van der Waals surface area contributed by atoms with E-state index in [1.165, 1.54) is 0 Å². The number of pyridine rings is 1. The molecule has 1 atom stereocenters. The first-order chi connectivity index (χ1) is 11.6. The number of amides is 1. The highest BCUT2D eigenvalue weighted by Gasteiger charge is 2.19. The van der Waals surface area contributed by atoms with Gasteiger partial charge in [0.2, 0.25) is 0 Å². The molecule has 0 aliphatic heterocycles. The van der Waals surface area contributed by atoms with Gasteiger partial charge in [-0.05, 0) is 38.1 Å². The zero-order valence-electron chi connectivity index (χ0n) is 14.0. The van der Waals surface area contributed by atoms with Gasteiger partial charge in [0, 0.05) is 41.4 Å². The van der Waals surface area contributed by atoms with Gasteiger partial charge in [0.1, 0.15) is 11.3 Å². The van der Waals surface area contributed by atoms with Gasteiger partial charge in [-0.25, -0.2) is 0 Å². The summed E-state index contributed by atoms with van der Waals surface area (Å²) in [7, 11) is 1.60. The number of aryl methyl sites for hydroxylation is 1. The second-order valence-electron chi connectivity index (χ2n) is 5.82. The normalized spacial score (nSPS) is 12.1. The number of benzene rings is 1. The van der Waals surface area contributed by atoms with Gasteiger partial charge in [-0.3, -0.25) is 9.78 Å². The van der Waals surface area contributed by atoms with Gasteiger partial charge in [-0.15, -0.1) is 0 Å². The first-order valence-electron chi connectivity index (χ1n) is 7.86. The van der Waals surface area contributed by atoms with E-state index in [1.54, 1.807) is 19.4 Å². The molecule has 0 aliphatic carbocycles. The lowest BCUT2D eigenvalue weighted by Crippen LogP contribution is -2.34. The van der Waals surface area contributed by atoms with E-state index >= 15 is 0 Å². The summed E-state index contributed by atoms with van der Waals surface area (Å²) in [6, 6.07) is 11.3. The van der Waals surface area contributed by atoms with E-state index < -0.39 is 0 Å². The minimum atomic E-state index is -0.217. The molecule has 0 spiro atoms. The van der Waals surface area contributed by atoms with Gasteiger partial charge < -0.3 is 14.5 Å². The van der Waals surface area contributed by atoms with E-state index in [2.05, 4.69) is 10.3 Å². The van der Waals surface area contributed by atoms with Crippen molar-refractivity contribution in [2.75, 3.05) is 7.11 Å². The molecule has 0 unspecified atom stereocenters. The molecule has 0 saturated heterocycles. The monoisotopic (exact) mass is 324 g/mol. The molecule has 0 fully saturated rings. The predicted molar refractivity (Wildman–Crippen MR) is 92.4 cm³/mol. The Morgan fingerprint density at radius 1 is 1.33 bits per heavy atom. The van der Waals surface area contributed by atoms with Crippen molar-refractivity contribution in [1.29, 1.82) is 0 Å². The number of hydrogen-bond acceptors (Lipinski definition) is 4. The summed E-state index contributed by atoms with van der Waals surface area (Å²) in [5, 5.41) is 3.89. The van der Waals surface area contributed by atoms with Gasteiger partial charge >= 0.3 is 0 Å². The molecule has 124 valence electrons. The molecule has 3 aromatic rings. The minimum Gasteiger partial charge on any atom is -0.497 e. The summed E-state index contributed by atoms with van der Waals surface area (Å²) in [5.74, 6) is 0.823. The molecular weight excluding hydrogens is 304 g/mol. The fourth-order valence-corrected chi connectivity index (χ4v) is 2.72. The molecule has 0 saturated carbocycles. The van der Waals surface area contributed by atoms with E-state index in [9.17, 15) is 4.79 Å². The van der Waals surface area contributed by atoms with Crippen molar-refractivity contribution in [1.82, 2.24) is 10.3 Å². The number of carbonyl (C=O) groups excluding carboxylic acids is 1. The van der Waals surface area contributed by atoms with Gasteiger partial charge in [-0.1, -0.05) is 6.07 Å². The standard InChI is InChI=1S/C19H20N2O3/c1-12(10-14-6-4-5-9-20-14)21-19(22)18-13(2)16-8-7-15(23-3)11-17(16)24-18/h4-9,11-12H,10H2,1-3H3,(H,21,22)/t12-/m0/s1. The van der Waals surface area contributed by atoms with Crippen molar-refractivity contribution in [2.45, 2.75) is 26.3 Å². The molecule has 1 aromatic carbocycles. The maximum atomic E-state index is 12.5. The van der Waals surface area contributed by atoms with Crippen molar-refractivity contribution in [3.05, 3.63) is 59.6 Å². The van der Waals surface area contributed by atoms with Crippen LogP contribution in [0.5, 0.6) is 5.75 Å². The van der Waals surface area contributed by atoms with Crippen LogP contribution in [-0.2, 0) is 6.42 Å². The summed E-state index contributed by atoms with van der Waals surface area (Å²) in [6.45, 7) is 3.84. The predicted octanol–water partition coefficient (Wildman–Crippen LogP) is 3.51. The van der Waals surface area contributed by atoms with Crippen LogP contribution in [0.4, 0.5) is 0 Å². The Morgan fingerprint density at radius 2 is 2.17 bits per heavy atom. The fourth-order valence-electron chi connectivity index (χ4n) is 2.72. The number of carbonyl (C=O) groups is 1. The highest BCUT2D eigenvalue weighted by molar-refractivity contribution is 5.99. The van der Waals surface area contributed by atoms with Gasteiger partial charge in [0.05, 0.1) is 7.11 Å². The van der Waals surface area contributed by atoms with E-state index in [4.69, 9.17) is 9.15 Å². The molecule has 1 amide bonds. The lowest BCUT2D eigenvalue weighted by molar-refractivity contribution is 0.0913. The van der Waals surface area contributed by atoms with Crippen LogP contribution in [0, 0.1) is 6.92 Å². The maximum Gasteiger partial charge on any atom is 0.287 e. The lowest BCUT2D eigenvalue weighted by Gasteiger charge is -2.12. The van der Waals surface area contributed by atoms with Crippen LogP contribution < -0.4 is 10.1 Å². The summed E-state index contributed by atoms with van der Waals surface area (Å²) in [6.07, 6.45) is 2.42. The molecule has 2 aromatic heterocycles. The Hall–Kier alpha value is -2.82. The van der Waals surface area contributed by atoms with Gasteiger partial charge in [0.25, 0.3) is 5.91 Å². The number of ether oxygens (including phenoxy) is 1. The number of hydrogen-bond donors (Lipinski definition) is 1. The first kappa shape index (κ1) is 16.1. The number of rotatable bonds is 5. The number of nitrogens with zero attached hydrogens (tertiary/aromatic N) is 1. The average molecular weight is 324 g/mol. The zero-order valence-corrected chi connectivity index (χ0v) is 14.0. The molecule has 0 aliphatic rings. The van der Waals surface area contributed by atoms with Crippen LogP contribution in [0.25, 0.3) is 11.0 Å². The third-order valence-corrected chi connectivity index (χ3v) is 3.97. The van der Waals surface area contributed by atoms with E-state index in [0.29, 0.717) is 23.5 Å². The summed E-state index contributed by atoms with van der Waals surface area (Å²) < 4.78 is 10.9. The van der Waals surface area contributed by atoms with Crippen LogP contribution >= 0.6 is 0 Å². The number of aromatic nitrogens is 1. The van der Waals surface area contributed by atoms with Crippen molar-refractivity contribution < 1.29 is 13.9 Å². The Labute approximate surface area is 140 Å². The highest BCUT2D eigenvalue weighted by atomic mass is 16.5. The van der Waals surface area contributed by atoms with Crippen molar-refractivity contribution in [3.8, 4) is 5.75 Å². The first-order valence-corrected chi connectivity index (χ1v) is 7.86. The second-order valence-corrected chi connectivity index (χ2v) is 5.82. The lowest BCUT2D eigenvalue weighted by atomic mass is 10.1. The quantitative estimate of drug-likeness (QED) is 0.780. The van der Waals surface area contributed by atoms with E-state index in [1.807, 2.05) is 44.2 Å². The maximum absolute atomic E-state index is 12.5. The summed E-state index contributed by atoms with van der Waals surface area (Å²) in [5.41, 5.74) is 2.42. The smallest absolute Gasteiger partial charge is 0.287 e. The molecule has 3 rings (SSSR count). The van der Waals surface area contributed by atoms with Crippen LogP contribution in [0.3, 0.4) is 0 Å². The Balaban J connectivity index is 1.77. The molecule has 1 N–H and O–H groups in total. The number of furan rings is 1. The number of fused-ring (bicyclic) bond motifs is 1. The highest BCUT2D eigenvalue weighted by Crippen LogP contribution is 2.28. The SMILES string of the molecule is COc1ccc2c(C)c(C(=O)N[C@@H](C)Cc3ccccn3)oc2c1. The zero-order chi connectivity index (χ0) is 17.1. The largest absolute Gasteiger partial charge is 0.497 e. The summed E-state index contributed by atoms with van der Waals surface area (Å²) >= 11 is 0. The number of methoxy groups -OCH3 is 1. The van der Waals surface area contributed by atoms with Crippen LogP contribution in [0.1, 0.15) is 28.7 Å². The minimum absolute atomic E-state index is 0.0467.